The minimum atomic E-state index is -0.224. The zero-order valence-corrected chi connectivity index (χ0v) is 12.9. The first-order valence-electron chi connectivity index (χ1n) is 7.96. The van der Waals surface area contributed by atoms with Gasteiger partial charge in [0.2, 0.25) is 0 Å². The van der Waals surface area contributed by atoms with Crippen molar-refractivity contribution in [3.63, 3.8) is 0 Å². The summed E-state index contributed by atoms with van der Waals surface area (Å²) in [5.41, 5.74) is 7.54. The van der Waals surface area contributed by atoms with Crippen LogP contribution in [0.4, 0.5) is 0 Å². The van der Waals surface area contributed by atoms with Crippen LogP contribution in [0.25, 0.3) is 0 Å². The topological polar surface area (TPSA) is 23.8 Å². The summed E-state index contributed by atoms with van der Waals surface area (Å²) >= 11 is 0. The van der Waals surface area contributed by atoms with E-state index in [1.807, 2.05) is 13.8 Å². The van der Waals surface area contributed by atoms with E-state index < -0.39 is 0 Å². The highest BCUT2D eigenvalue weighted by molar-refractivity contribution is 4.81. The maximum Gasteiger partial charge on any atom is 0.0267 e. The van der Waals surface area contributed by atoms with Crippen LogP contribution in [0.1, 0.15) is 91.4 Å². The van der Waals surface area contributed by atoms with E-state index in [1.165, 1.54) is 64.2 Å². The van der Waals surface area contributed by atoms with E-state index in [-0.39, 0.29) is 5.54 Å². The summed E-state index contributed by atoms with van der Waals surface area (Å²) in [6, 6.07) is 0. The second-order valence-electron chi connectivity index (χ2n) is 6.16. The zero-order valence-electron chi connectivity index (χ0n) is 12.9. The largest absolute Gasteiger partial charge is 0.252 e. The minimum Gasteiger partial charge on any atom is -0.252 e. The predicted molar refractivity (Wildman–Crippen MR) is 82.8 cm³/mol. The van der Waals surface area contributed by atoms with Crippen molar-refractivity contribution in [2.24, 2.45) is 0 Å². The summed E-state index contributed by atoms with van der Waals surface area (Å²) in [5.74, 6) is 0. The second-order valence-corrected chi connectivity index (χ2v) is 6.16. The fourth-order valence-electron chi connectivity index (χ4n) is 2.11. The summed E-state index contributed by atoms with van der Waals surface area (Å²) in [5, 5.41) is 0. The smallest absolute Gasteiger partial charge is 0.0267 e. The molecule has 0 heterocycles. The molecule has 1 heteroatoms. The van der Waals surface area contributed by atoms with Crippen LogP contribution in [0.15, 0.2) is 12.2 Å². The van der Waals surface area contributed by atoms with Gasteiger partial charge in [0.05, 0.1) is 0 Å². The van der Waals surface area contributed by atoms with E-state index in [2.05, 4.69) is 19.1 Å². The van der Waals surface area contributed by atoms with E-state index in [1.54, 1.807) is 0 Å². The van der Waals surface area contributed by atoms with Gasteiger partial charge in [-0.2, -0.15) is 0 Å². The first-order valence-corrected chi connectivity index (χ1v) is 7.96. The van der Waals surface area contributed by atoms with E-state index in [4.69, 9.17) is 5.73 Å². The second kappa shape index (κ2) is 11.8. The minimum absolute atomic E-state index is 0.224. The number of hydrogen-bond donors (Lipinski definition) is 0. The van der Waals surface area contributed by atoms with Crippen LogP contribution in [-0.2, 0) is 0 Å². The Bertz CT molecular complexity index is 188. The van der Waals surface area contributed by atoms with Gasteiger partial charge in [-0.3, -0.25) is 5.73 Å². The summed E-state index contributed by atoms with van der Waals surface area (Å²) < 4.78 is 0. The molecule has 107 valence electrons. The van der Waals surface area contributed by atoms with Gasteiger partial charge in [-0.25, -0.2) is 0 Å². The number of nitrogens with one attached hydrogen (secondary N) is 1. The van der Waals surface area contributed by atoms with E-state index in [0.717, 1.165) is 6.42 Å². The van der Waals surface area contributed by atoms with Gasteiger partial charge in [0.25, 0.3) is 0 Å². The molecule has 0 saturated carbocycles. The van der Waals surface area contributed by atoms with Gasteiger partial charge in [0, 0.05) is 5.54 Å². The first kappa shape index (κ1) is 17.7. The number of hydrogen-bond acceptors (Lipinski definition) is 0. The van der Waals surface area contributed by atoms with Crippen LogP contribution >= 0.6 is 0 Å². The van der Waals surface area contributed by atoms with Crippen molar-refractivity contribution in [2.75, 3.05) is 0 Å². The molecule has 0 rings (SSSR count). The van der Waals surface area contributed by atoms with Crippen LogP contribution in [0.3, 0.4) is 0 Å². The molecule has 0 aromatic heterocycles. The molecule has 0 saturated heterocycles. The molecule has 0 aromatic carbocycles. The zero-order chi connectivity index (χ0) is 13.7. The molecule has 0 atom stereocenters. The Labute approximate surface area is 115 Å². The molecule has 1 radical (unpaired) electrons. The molecular weight excluding hydrogens is 218 g/mol. The highest BCUT2D eigenvalue weighted by Crippen LogP contribution is 2.14. The lowest BCUT2D eigenvalue weighted by Gasteiger charge is -2.16. The highest BCUT2D eigenvalue weighted by atomic mass is 14.7. The van der Waals surface area contributed by atoms with Gasteiger partial charge in [-0.15, -0.1) is 0 Å². The van der Waals surface area contributed by atoms with Crippen LogP contribution in [-0.4, -0.2) is 5.54 Å². The van der Waals surface area contributed by atoms with Crippen molar-refractivity contribution in [1.82, 2.24) is 5.73 Å². The quantitative estimate of drug-likeness (QED) is 0.304. The Balaban J connectivity index is 3.13. The van der Waals surface area contributed by atoms with E-state index in [9.17, 15) is 0 Å². The molecule has 0 unspecified atom stereocenters. The highest BCUT2D eigenvalue weighted by Gasteiger charge is 2.09. The third-order valence-electron chi connectivity index (χ3n) is 3.31. The van der Waals surface area contributed by atoms with E-state index >= 15 is 0 Å². The van der Waals surface area contributed by atoms with Gasteiger partial charge < -0.3 is 0 Å². The first-order chi connectivity index (χ1) is 8.56. The summed E-state index contributed by atoms with van der Waals surface area (Å²) in [6.07, 6.45) is 18.9. The summed E-state index contributed by atoms with van der Waals surface area (Å²) in [7, 11) is 0. The van der Waals surface area contributed by atoms with Crippen molar-refractivity contribution >= 4 is 0 Å². The average molecular weight is 252 g/mol. The molecule has 18 heavy (non-hydrogen) atoms. The van der Waals surface area contributed by atoms with Crippen LogP contribution in [0, 0.1) is 0 Å². The maximum atomic E-state index is 7.76. The standard InChI is InChI=1S/C17H34N/c1-4-5-6-7-8-9-10-11-12-13-14-15-16-17(2,3)18/h9-10,18H,4-8,11-16H2,1-3H3. The SMILES string of the molecule is CCCCCCC=CCCCCCCC(C)(C)[NH]. The number of unbranched alkanes of at least 4 members (excludes halogenated alkanes) is 8. The Morgan fingerprint density at radius 3 is 1.78 bits per heavy atom. The number of allylic oxidation sites excluding steroid dienone is 2. The molecule has 0 amide bonds. The van der Waals surface area contributed by atoms with Gasteiger partial charge in [0.15, 0.2) is 0 Å². The fourth-order valence-corrected chi connectivity index (χ4v) is 2.11. The van der Waals surface area contributed by atoms with Crippen molar-refractivity contribution in [3.05, 3.63) is 12.2 Å². The molecule has 0 aliphatic rings. The Morgan fingerprint density at radius 2 is 1.28 bits per heavy atom. The number of rotatable bonds is 12. The molecule has 0 fully saturated rings. The Kier molecular flexibility index (Phi) is 11.6. The fraction of sp³-hybridized carbons (Fsp3) is 0.882. The average Bonchev–Trinajstić information content (AvgIpc) is 2.29. The molecule has 1 N–H and O–H groups in total. The van der Waals surface area contributed by atoms with Gasteiger partial charge in [-0.05, 0) is 46.0 Å². The van der Waals surface area contributed by atoms with E-state index in [0.29, 0.717) is 0 Å². The third-order valence-corrected chi connectivity index (χ3v) is 3.31. The maximum absolute atomic E-state index is 7.76. The van der Waals surface area contributed by atoms with Gasteiger partial charge >= 0.3 is 0 Å². The van der Waals surface area contributed by atoms with Gasteiger partial charge in [0.1, 0.15) is 0 Å². The predicted octanol–water partition coefficient (Wildman–Crippen LogP) is 5.92. The molecule has 1 nitrogen and oxygen atoms in total. The molecule has 0 bridgehead atoms. The normalized spacial score (nSPS) is 12.4. The van der Waals surface area contributed by atoms with Crippen molar-refractivity contribution in [3.8, 4) is 0 Å². The molecule has 0 aliphatic heterocycles. The van der Waals surface area contributed by atoms with Crippen LogP contribution in [0.2, 0.25) is 0 Å². The van der Waals surface area contributed by atoms with Crippen molar-refractivity contribution in [2.45, 2.75) is 96.9 Å². The van der Waals surface area contributed by atoms with Crippen molar-refractivity contribution in [1.29, 1.82) is 0 Å². The summed E-state index contributed by atoms with van der Waals surface area (Å²) in [6.45, 7) is 6.28. The lowest BCUT2D eigenvalue weighted by molar-refractivity contribution is 0.430. The lowest BCUT2D eigenvalue weighted by atomic mass is 9.97. The molecule has 0 aromatic rings. The third kappa shape index (κ3) is 15.7. The Morgan fingerprint density at radius 1 is 0.778 bits per heavy atom. The van der Waals surface area contributed by atoms with Crippen LogP contribution in [0.5, 0.6) is 0 Å². The van der Waals surface area contributed by atoms with Gasteiger partial charge in [-0.1, -0.05) is 57.6 Å². The molecule has 0 aliphatic carbocycles. The molecular formula is C17H34N. The Hall–Kier alpha value is -0.300. The van der Waals surface area contributed by atoms with Crippen molar-refractivity contribution < 1.29 is 0 Å². The lowest BCUT2D eigenvalue weighted by Crippen LogP contribution is -2.20. The molecule has 0 spiro atoms. The monoisotopic (exact) mass is 252 g/mol. The van der Waals surface area contributed by atoms with Crippen LogP contribution < -0.4 is 5.73 Å². The summed E-state index contributed by atoms with van der Waals surface area (Å²) in [4.78, 5) is 0.